The number of nitrogens with one attached hydrogen (secondary N) is 1. The van der Waals surface area contributed by atoms with Crippen LogP contribution in [-0.2, 0) is 22.5 Å². The maximum Gasteiger partial charge on any atom is 0.310 e. The van der Waals surface area contributed by atoms with Crippen LogP contribution in [0.3, 0.4) is 0 Å². The minimum atomic E-state index is -0.382. The van der Waals surface area contributed by atoms with E-state index >= 15 is 0 Å². The minimum absolute atomic E-state index is 0.0130. The third-order valence-corrected chi connectivity index (χ3v) is 2.29. The second-order valence-electron chi connectivity index (χ2n) is 3.39. The molecule has 1 N–H and O–H groups in total. The van der Waals surface area contributed by atoms with Crippen LogP contribution < -0.4 is 5.56 Å². The highest BCUT2D eigenvalue weighted by molar-refractivity contribution is 5.72. The number of aromatic nitrogens is 2. The Balaban J connectivity index is 2.92. The molecule has 16 heavy (non-hydrogen) atoms. The Morgan fingerprint density at radius 2 is 2.31 bits per heavy atom. The van der Waals surface area contributed by atoms with E-state index in [1.807, 2.05) is 0 Å². The van der Waals surface area contributed by atoms with Gasteiger partial charge in [-0.3, -0.25) is 19.4 Å². The maximum atomic E-state index is 11.6. The van der Waals surface area contributed by atoms with Crippen LogP contribution in [0.15, 0.2) is 17.4 Å². The summed E-state index contributed by atoms with van der Waals surface area (Å²) in [7, 11) is 0. The number of allylic oxidation sites excluding steroid dienone is 1. The molecular weight excluding hydrogens is 208 g/mol. The van der Waals surface area contributed by atoms with Gasteiger partial charge in [0.05, 0.1) is 25.1 Å². The molecule has 0 saturated carbocycles. The van der Waals surface area contributed by atoms with Gasteiger partial charge in [0.25, 0.3) is 5.56 Å². The van der Waals surface area contributed by atoms with Gasteiger partial charge in [-0.1, -0.05) is 6.08 Å². The molecule has 1 rings (SSSR count). The Morgan fingerprint density at radius 1 is 1.62 bits per heavy atom. The summed E-state index contributed by atoms with van der Waals surface area (Å²) < 4.78 is 6.46. The smallest absolute Gasteiger partial charge is 0.310 e. The van der Waals surface area contributed by atoms with Crippen LogP contribution >= 0.6 is 0 Å². The van der Waals surface area contributed by atoms with Gasteiger partial charge in [0.2, 0.25) is 0 Å². The number of esters is 1. The van der Waals surface area contributed by atoms with Crippen LogP contribution in [0.2, 0.25) is 0 Å². The zero-order chi connectivity index (χ0) is 12.1. The summed E-state index contributed by atoms with van der Waals surface area (Å²) in [6, 6.07) is 0. The van der Waals surface area contributed by atoms with Gasteiger partial charge in [0.1, 0.15) is 0 Å². The number of carbonyl (C=O) groups is 1. The van der Waals surface area contributed by atoms with E-state index in [0.29, 0.717) is 18.7 Å². The number of nitrogens with zero attached hydrogens (tertiary/aromatic N) is 1. The van der Waals surface area contributed by atoms with Gasteiger partial charge < -0.3 is 4.74 Å². The van der Waals surface area contributed by atoms with E-state index in [0.717, 1.165) is 5.69 Å². The topological polar surface area (TPSA) is 64.1 Å². The molecule has 1 aromatic heterocycles. The summed E-state index contributed by atoms with van der Waals surface area (Å²) >= 11 is 0. The van der Waals surface area contributed by atoms with Crippen molar-refractivity contribution >= 4 is 5.97 Å². The number of rotatable bonds is 5. The van der Waals surface area contributed by atoms with E-state index in [4.69, 9.17) is 4.74 Å². The number of carbonyl (C=O) groups excluding carboxylic acids is 1. The lowest BCUT2D eigenvalue weighted by Crippen LogP contribution is -2.14. The van der Waals surface area contributed by atoms with Crippen LogP contribution in [0.25, 0.3) is 0 Å². The van der Waals surface area contributed by atoms with Crippen LogP contribution in [0, 0.1) is 6.92 Å². The van der Waals surface area contributed by atoms with Gasteiger partial charge in [0.15, 0.2) is 0 Å². The van der Waals surface area contributed by atoms with E-state index in [-0.39, 0.29) is 17.9 Å². The molecule has 0 bridgehead atoms. The molecule has 0 saturated heterocycles. The molecule has 0 atom stereocenters. The van der Waals surface area contributed by atoms with Gasteiger partial charge in [-0.25, -0.2) is 0 Å². The van der Waals surface area contributed by atoms with Crippen molar-refractivity contribution in [2.45, 2.75) is 26.8 Å². The molecule has 0 aromatic carbocycles. The lowest BCUT2D eigenvalue weighted by molar-refractivity contribution is -0.142. The van der Waals surface area contributed by atoms with E-state index in [1.165, 1.54) is 0 Å². The summed E-state index contributed by atoms with van der Waals surface area (Å²) in [6.45, 7) is 7.95. The second kappa shape index (κ2) is 5.34. The monoisotopic (exact) mass is 224 g/mol. The first-order valence-corrected chi connectivity index (χ1v) is 5.15. The zero-order valence-corrected chi connectivity index (χ0v) is 9.58. The summed E-state index contributed by atoms with van der Waals surface area (Å²) in [6.07, 6.45) is 1.69. The molecular formula is C11H16N2O3. The molecule has 0 unspecified atom stereocenters. The van der Waals surface area contributed by atoms with Gasteiger partial charge in [0, 0.05) is 5.69 Å². The second-order valence-corrected chi connectivity index (χ2v) is 3.39. The summed E-state index contributed by atoms with van der Waals surface area (Å²) in [5, 5.41) is 2.64. The predicted octanol–water partition coefficient (Wildman–Crippen LogP) is 0.776. The fraction of sp³-hybridized carbons (Fsp3) is 0.455. The normalized spacial score (nSPS) is 10.1. The fourth-order valence-corrected chi connectivity index (χ4v) is 1.48. The average Bonchev–Trinajstić information content (AvgIpc) is 2.47. The molecule has 5 heteroatoms. The van der Waals surface area contributed by atoms with Crippen molar-refractivity contribution in [2.75, 3.05) is 6.61 Å². The average molecular weight is 224 g/mol. The Morgan fingerprint density at radius 3 is 2.88 bits per heavy atom. The van der Waals surface area contributed by atoms with Gasteiger partial charge in [-0.05, 0) is 13.8 Å². The summed E-state index contributed by atoms with van der Waals surface area (Å²) in [5.74, 6) is -0.382. The van der Waals surface area contributed by atoms with Crippen molar-refractivity contribution in [3.8, 4) is 0 Å². The minimum Gasteiger partial charge on any atom is -0.466 e. The number of hydrogen-bond acceptors (Lipinski definition) is 3. The number of ether oxygens (including phenoxy) is 1. The van der Waals surface area contributed by atoms with Crippen LogP contribution in [0.1, 0.15) is 18.2 Å². The van der Waals surface area contributed by atoms with Crippen LogP contribution in [0.4, 0.5) is 0 Å². The Labute approximate surface area is 93.7 Å². The van der Waals surface area contributed by atoms with Crippen molar-refractivity contribution < 1.29 is 9.53 Å². The first kappa shape index (κ1) is 12.3. The van der Waals surface area contributed by atoms with Crippen molar-refractivity contribution in [3.05, 3.63) is 34.3 Å². The third-order valence-electron chi connectivity index (χ3n) is 2.29. The van der Waals surface area contributed by atoms with E-state index in [1.54, 1.807) is 24.6 Å². The van der Waals surface area contributed by atoms with Crippen molar-refractivity contribution in [3.63, 3.8) is 0 Å². The maximum absolute atomic E-state index is 11.6. The molecule has 0 amide bonds. The first-order valence-electron chi connectivity index (χ1n) is 5.15. The highest BCUT2D eigenvalue weighted by Crippen LogP contribution is 2.04. The quantitative estimate of drug-likeness (QED) is 0.593. The molecule has 0 aliphatic heterocycles. The Kier molecular flexibility index (Phi) is 4.10. The third kappa shape index (κ3) is 2.62. The first-order chi connectivity index (χ1) is 7.60. The SMILES string of the molecule is C=CCn1[nH]c(=O)c(CC(=O)OCC)c1C. The number of aromatic amines is 1. The van der Waals surface area contributed by atoms with Crippen LogP contribution in [0.5, 0.6) is 0 Å². The summed E-state index contributed by atoms with van der Waals surface area (Å²) in [4.78, 5) is 22.8. The van der Waals surface area contributed by atoms with Crippen molar-refractivity contribution in [1.82, 2.24) is 9.78 Å². The molecule has 0 radical (unpaired) electrons. The van der Waals surface area contributed by atoms with Gasteiger partial charge in [-0.15, -0.1) is 6.58 Å². The van der Waals surface area contributed by atoms with Crippen molar-refractivity contribution in [2.24, 2.45) is 0 Å². The number of H-pyrrole nitrogens is 1. The van der Waals surface area contributed by atoms with Crippen LogP contribution in [-0.4, -0.2) is 22.4 Å². The molecule has 0 spiro atoms. The van der Waals surface area contributed by atoms with E-state index < -0.39 is 0 Å². The molecule has 0 fully saturated rings. The Hall–Kier alpha value is -1.78. The highest BCUT2D eigenvalue weighted by atomic mass is 16.5. The number of hydrogen-bond donors (Lipinski definition) is 1. The van der Waals surface area contributed by atoms with E-state index in [9.17, 15) is 9.59 Å². The molecule has 1 aromatic rings. The Bertz CT molecular complexity index is 443. The summed E-state index contributed by atoms with van der Waals surface area (Å²) in [5.41, 5.74) is 0.964. The standard InChI is InChI=1S/C11H16N2O3/c1-4-6-13-8(3)9(11(15)12-13)7-10(14)16-5-2/h4H,1,5-7H2,2-3H3,(H,12,15). The largest absolute Gasteiger partial charge is 0.466 e. The zero-order valence-electron chi connectivity index (χ0n) is 9.58. The lowest BCUT2D eigenvalue weighted by Gasteiger charge is -2.02. The van der Waals surface area contributed by atoms with Crippen molar-refractivity contribution in [1.29, 1.82) is 0 Å². The van der Waals surface area contributed by atoms with Gasteiger partial charge in [-0.2, -0.15) is 0 Å². The molecule has 0 aliphatic carbocycles. The van der Waals surface area contributed by atoms with Gasteiger partial charge >= 0.3 is 5.97 Å². The highest BCUT2D eigenvalue weighted by Gasteiger charge is 2.14. The lowest BCUT2D eigenvalue weighted by atomic mass is 10.2. The molecule has 88 valence electrons. The molecule has 1 heterocycles. The molecule has 5 nitrogen and oxygen atoms in total. The fourth-order valence-electron chi connectivity index (χ4n) is 1.48. The predicted molar refractivity (Wildman–Crippen MR) is 60.3 cm³/mol. The molecule has 0 aliphatic rings. The van der Waals surface area contributed by atoms with E-state index in [2.05, 4.69) is 11.7 Å².